The van der Waals surface area contributed by atoms with Crippen LogP contribution in [0.3, 0.4) is 0 Å². The van der Waals surface area contributed by atoms with Crippen LogP contribution >= 0.6 is 23.2 Å². The van der Waals surface area contributed by atoms with Gasteiger partial charge in [0.05, 0.1) is 30.6 Å². The summed E-state index contributed by atoms with van der Waals surface area (Å²) in [6, 6.07) is 17.7. The lowest BCUT2D eigenvalue weighted by molar-refractivity contribution is 0.0678. The van der Waals surface area contributed by atoms with Crippen molar-refractivity contribution in [1.29, 1.82) is 0 Å². The summed E-state index contributed by atoms with van der Waals surface area (Å²) in [5.74, 6) is 0.510. The van der Waals surface area contributed by atoms with Crippen LogP contribution in [0, 0.1) is 0 Å². The molecule has 0 radical (unpaired) electrons. The molecule has 1 aliphatic rings. The van der Waals surface area contributed by atoms with E-state index in [0.29, 0.717) is 39.1 Å². The van der Waals surface area contributed by atoms with Gasteiger partial charge in [0, 0.05) is 34.0 Å². The zero-order valence-corrected chi connectivity index (χ0v) is 18.5. The summed E-state index contributed by atoms with van der Waals surface area (Å²) in [6.45, 7) is 0. The standard InChI is InChI=1S/C24H17Cl2N3O3/c1-31-15-9-8-14-11-17(23(26)27-19(14)12-15)21-13-20(16-5-2-3-6-18(16)25)28-29(21)24(30)22-7-4-10-32-22/h2-12,21H,13H2,1H3/t21-/m0/s1. The number of carbonyl (C=O) groups is 1. The SMILES string of the molecule is COc1ccc2cc([C@@H]3CC(c4ccccc4Cl)=NN3C(=O)c3ccco3)c(Cl)nc2c1. The third-order valence-corrected chi connectivity index (χ3v) is 6.03. The van der Waals surface area contributed by atoms with Gasteiger partial charge < -0.3 is 9.15 Å². The molecule has 0 unspecified atom stereocenters. The Labute approximate surface area is 194 Å². The van der Waals surface area contributed by atoms with E-state index in [2.05, 4.69) is 10.1 Å². The molecule has 0 fully saturated rings. The lowest BCUT2D eigenvalue weighted by atomic mass is 9.98. The van der Waals surface area contributed by atoms with Crippen molar-refractivity contribution in [3.05, 3.63) is 94.0 Å². The highest BCUT2D eigenvalue weighted by Gasteiger charge is 2.36. The summed E-state index contributed by atoms with van der Waals surface area (Å²) < 4.78 is 10.6. The molecule has 160 valence electrons. The summed E-state index contributed by atoms with van der Waals surface area (Å²) in [7, 11) is 1.60. The third kappa shape index (κ3) is 3.61. The maximum atomic E-state index is 13.2. The van der Waals surface area contributed by atoms with E-state index in [1.807, 2.05) is 42.5 Å². The highest BCUT2D eigenvalue weighted by molar-refractivity contribution is 6.34. The van der Waals surface area contributed by atoms with Crippen LogP contribution in [0.15, 0.2) is 76.4 Å². The van der Waals surface area contributed by atoms with Crippen LogP contribution in [0.2, 0.25) is 10.2 Å². The van der Waals surface area contributed by atoms with Gasteiger partial charge in [-0.3, -0.25) is 4.79 Å². The fourth-order valence-electron chi connectivity index (χ4n) is 3.81. The molecule has 4 aromatic rings. The van der Waals surface area contributed by atoms with Crippen molar-refractivity contribution in [2.24, 2.45) is 5.10 Å². The normalized spacial score (nSPS) is 15.8. The first-order valence-corrected chi connectivity index (χ1v) is 10.6. The molecule has 0 bridgehead atoms. The Morgan fingerprint density at radius 1 is 1.12 bits per heavy atom. The van der Waals surface area contributed by atoms with E-state index in [1.54, 1.807) is 25.3 Å². The van der Waals surface area contributed by atoms with E-state index >= 15 is 0 Å². The number of carbonyl (C=O) groups excluding carboxylic acids is 1. The summed E-state index contributed by atoms with van der Waals surface area (Å²) in [5, 5.41) is 7.76. The first-order chi connectivity index (χ1) is 15.5. The van der Waals surface area contributed by atoms with Crippen LogP contribution in [-0.4, -0.2) is 28.7 Å². The molecular weight excluding hydrogens is 449 g/mol. The molecule has 2 aromatic carbocycles. The van der Waals surface area contributed by atoms with Crippen molar-refractivity contribution in [2.75, 3.05) is 7.11 Å². The van der Waals surface area contributed by atoms with Gasteiger partial charge in [0.15, 0.2) is 5.76 Å². The fourth-order valence-corrected chi connectivity index (χ4v) is 4.33. The minimum absolute atomic E-state index is 0.189. The molecule has 1 aliphatic heterocycles. The molecule has 6 nitrogen and oxygen atoms in total. The number of aromatic nitrogens is 1. The van der Waals surface area contributed by atoms with E-state index in [4.69, 9.17) is 32.4 Å². The number of pyridine rings is 1. The van der Waals surface area contributed by atoms with Crippen LogP contribution in [0.5, 0.6) is 5.75 Å². The molecule has 0 saturated carbocycles. The van der Waals surface area contributed by atoms with E-state index in [-0.39, 0.29) is 11.7 Å². The van der Waals surface area contributed by atoms with Crippen molar-refractivity contribution in [1.82, 2.24) is 9.99 Å². The molecule has 0 saturated heterocycles. The van der Waals surface area contributed by atoms with Gasteiger partial charge in [-0.25, -0.2) is 9.99 Å². The predicted molar refractivity (Wildman–Crippen MR) is 124 cm³/mol. The molecule has 3 heterocycles. The van der Waals surface area contributed by atoms with Crippen molar-refractivity contribution in [3.8, 4) is 5.75 Å². The smallest absolute Gasteiger partial charge is 0.310 e. The summed E-state index contributed by atoms with van der Waals surface area (Å²) >= 11 is 13.0. The number of hydrazone groups is 1. The van der Waals surface area contributed by atoms with Gasteiger partial charge in [-0.2, -0.15) is 5.10 Å². The highest BCUT2D eigenvalue weighted by Crippen LogP contribution is 2.39. The van der Waals surface area contributed by atoms with Gasteiger partial charge in [0.25, 0.3) is 0 Å². The molecule has 32 heavy (non-hydrogen) atoms. The molecule has 8 heteroatoms. The van der Waals surface area contributed by atoms with Gasteiger partial charge >= 0.3 is 5.91 Å². The van der Waals surface area contributed by atoms with Crippen molar-refractivity contribution < 1.29 is 13.9 Å². The monoisotopic (exact) mass is 465 g/mol. The van der Waals surface area contributed by atoms with E-state index in [0.717, 1.165) is 10.9 Å². The van der Waals surface area contributed by atoms with Crippen molar-refractivity contribution >= 4 is 45.7 Å². The molecule has 0 aliphatic carbocycles. The number of hydrogen-bond acceptors (Lipinski definition) is 5. The lowest BCUT2D eigenvalue weighted by Gasteiger charge is -2.22. The predicted octanol–water partition coefficient (Wildman–Crippen LogP) is 6.13. The number of fused-ring (bicyclic) bond motifs is 1. The lowest BCUT2D eigenvalue weighted by Crippen LogP contribution is -2.27. The van der Waals surface area contributed by atoms with E-state index < -0.39 is 6.04 Å². The summed E-state index contributed by atoms with van der Waals surface area (Å²) in [4.78, 5) is 17.8. The maximum Gasteiger partial charge on any atom is 0.310 e. The fraction of sp³-hybridized carbons (Fsp3) is 0.125. The average Bonchev–Trinajstić information content (AvgIpc) is 3.49. The number of halogens is 2. The Hall–Kier alpha value is -3.35. The number of amides is 1. The van der Waals surface area contributed by atoms with Crippen LogP contribution in [0.4, 0.5) is 0 Å². The van der Waals surface area contributed by atoms with Crippen LogP contribution in [0.1, 0.15) is 34.1 Å². The molecule has 1 amide bonds. The van der Waals surface area contributed by atoms with Gasteiger partial charge in [-0.05, 0) is 36.4 Å². The topological polar surface area (TPSA) is 67.9 Å². The third-order valence-electron chi connectivity index (χ3n) is 5.40. The van der Waals surface area contributed by atoms with E-state index in [9.17, 15) is 4.79 Å². The molecule has 5 rings (SSSR count). The Kier molecular flexibility index (Phi) is 5.33. The maximum absolute atomic E-state index is 13.2. The van der Waals surface area contributed by atoms with E-state index in [1.165, 1.54) is 11.3 Å². The summed E-state index contributed by atoms with van der Waals surface area (Å²) in [5.41, 5.74) is 2.84. The first kappa shape index (κ1) is 20.5. The Morgan fingerprint density at radius 2 is 1.97 bits per heavy atom. The van der Waals surface area contributed by atoms with Crippen LogP contribution in [-0.2, 0) is 0 Å². The molecule has 0 spiro atoms. The number of furan rings is 1. The minimum Gasteiger partial charge on any atom is -0.497 e. The Bertz CT molecular complexity index is 1350. The zero-order valence-electron chi connectivity index (χ0n) is 17.0. The molecule has 2 aromatic heterocycles. The zero-order chi connectivity index (χ0) is 22.2. The van der Waals surface area contributed by atoms with Gasteiger partial charge in [-0.15, -0.1) is 0 Å². The van der Waals surface area contributed by atoms with Gasteiger partial charge in [0.2, 0.25) is 0 Å². The van der Waals surface area contributed by atoms with Crippen LogP contribution < -0.4 is 4.74 Å². The van der Waals surface area contributed by atoms with Gasteiger partial charge in [-0.1, -0.05) is 41.4 Å². The second-order valence-electron chi connectivity index (χ2n) is 7.30. The number of benzene rings is 2. The minimum atomic E-state index is -0.467. The number of rotatable bonds is 4. The first-order valence-electron chi connectivity index (χ1n) is 9.89. The highest BCUT2D eigenvalue weighted by atomic mass is 35.5. The number of ether oxygens (including phenoxy) is 1. The largest absolute Gasteiger partial charge is 0.497 e. The summed E-state index contributed by atoms with van der Waals surface area (Å²) in [6.07, 6.45) is 1.88. The average molecular weight is 466 g/mol. The second-order valence-corrected chi connectivity index (χ2v) is 8.07. The number of methoxy groups -OCH3 is 1. The van der Waals surface area contributed by atoms with Crippen molar-refractivity contribution in [2.45, 2.75) is 12.5 Å². The Balaban J connectivity index is 1.61. The Morgan fingerprint density at radius 3 is 2.72 bits per heavy atom. The molecule has 0 N–H and O–H groups in total. The number of nitrogens with zero attached hydrogens (tertiary/aromatic N) is 3. The quantitative estimate of drug-likeness (QED) is 0.339. The number of hydrogen-bond donors (Lipinski definition) is 0. The van der Waals surface area contributed by atoms with Crippen LogP contribution in [0.25, 0.3) is 10.9 Å². The second kappa shape index (κ2) is 8.30. The molecule has 1 atom stereocenters. The van der Waals surface area contributed by atoms with Crippen molar-refractivity contribution in [3.63, 3.8) is 0 Å². The molecular formula is C24H17Cl2N3O3. The van der Waals surface area contributed by atoms with Gasteiger partial charge in [0.1, 0.15) is 10.9 Å².